The van der Waals surface area contributed by atoms with E-state index in [0.717, 1.165) is 22.3 Å². The molecule has 0 unspecified atom stereocenters. The highest BCUT2D eigenvalue weighted by Crippen LogP contribution is 2.34. The van der Waals surface area contributed by atoms with Crippen molar-refractivity contribution in [3.8, 4) is 40.0 Å². The Morgan fingerprint density at radius 1 is 0.720 bits per heavy atom. The molecular formula is C22H14N2O. The van der Waals surface area contributed by atoms with Gasteiger partial charge in [-0.1, -0.05) is 60.7 Å². The Labute approximate surface area is 145 Å². The van der Waals surface area contributed by atoms with Crippen molar-refractivity contribution >= 4 is 0 Å². The van der Waals surface area contributed by atoms with E-state index in [0.29, 0.717) is 17.2 Å². The van der Waals surface area contributed by atoms with Crippen LogP contribution in [0.1, 0.15) is 5.56 Å². The number of hydrogen-bond donors (Lipinski definition) is 0. The predicted octanol–water partition coefficient (Wildman–Crippen LogP) is 5.55. The molecule has 0 aliphatic rings. The lowest BCUT2D eigenvalue weighted by Gasteiger charge is -2.06. The molecule has 0 bridgehead atoms. The zero-order valence-corrected chi connectivity index (χ0v) is 13.4. The summed E-state index contributed by atoms with van der Waals surface area (Å²) in [4.78, 5) is 4.45. The van der Waals surface area contributed by atoms with E-state index in [9.17, 15) is 5.26 Å². The van der Waals surface area contributed by atoms with Crippen LogP contribution in [0.3, 0.4) is 0 Å². The summed E-state index contributed by atoms with van der Waals surface area (Å²) in [5.41, 5.74) is 4.41. The molecule has 0 radical (unpaired) electrons. The molecule has 0 N–H and O–H groups in total. The van der Waals surface area contributed by atoms with Crippen molar-refractivity contribution in [2.75, 3.05) is 0 Å². The maximum absolute atomic E-state index is 9.28. The van der Waals surface area contributed by atoms with E-state index >= 15 is 0 Å². The van der Waals surface area contributed by atoms with E-state index in [2.05, 4.69) is 29.3 Å². The SMILES string of the molecule is N#Cc1ccccc1-c1cnc(-c2ccccc2-c2ccccc2)o1. The Balaban J connectivity index is 1.81. The lowest BCUT2D eigenvalue weighted by atomic mass is 10.00. The van der Waals surface area contributed by atoms with Gasteiger partial charge in [-0.25, -0.2) is 4.98 Å². The van der Waals surface area contributed by atoms with Gasteiger partial charge in [-0.15, -0.1) is 0 Å². The number of aromatic nitrogens is 1. The van der Waals surface area contributed by atoms with Crippen LogP contribution in [0.5, 0.6) is 0 Å². The third-order valence-electron chi connectivity index (χ3n) is 4.06. The predicted molar refractivity (Wildman–Crippen MR) is 97.5 cm³/mol. The van der Waals surface area contributed by atoms with Gasteiger partial charge >= 0.3 is 0 Å². The second kappa shape index (κ2) is 6.46. The number of hydrogen-bond acceptors (Lipinski definition) is 3. The molecule has 0 amide bonds. The molecule has 25 heavy (non-hydrogen) atoms. The molecule has 4 aromatic rings. The number of nitriles is 1. The minimum atomic E-state index is 0.544. The highest BCUT2D eigenvalue weighted by atomic mass is 16.4. The van der Waals surface area contributed by atoms with E-state index < -0.39 is 0 Å². The lowest BCUT2D eigenvalue weighted by molar-refractivity contribution is 0.589. The van der Waals surface area contributed by atoms with Crippen molar-refractivity contribution in [2.24, 2.45) is 0 Å². The zero-order valence-electron chi connectivity index (χ0n) is 13.4. The Hall–Kier alpha value is -3.64. The zero-order chi connectivity index (χ0) is 17.1. The van der Waals surface area contributed by atoms with Gasteiger partial charge in [-0.3, -0.25) is 0 Å². The molecule has 0 spiro atoms. The molecule has 1 heterocycles. The summed E-state index contributed by atoms with van der Waals surface area (Å²) in [7, 11) is 0. The second-order valence-corrected chi connectivity index (χ2v) is 5.60. The summed E-state index contributed by atoms with van der Waals surface area (Å²) in [6, 6.07) is 27.7. The van der Waals surface area contributed by atoms with Crippen LogP contribution in [0.15, 0.2) is 89.5 Å². The molecule has 0 aliphatic carbocycles. The molecule has 0 atom stereocenters. The van der Waals surface area contributed by atoms with E-state index in [4.69, 9.17) is 4.42 Å². The van der Waals surface area contributed by atoms with Crippen molar-refractivity contribution in [2.45, 2.75) is 0 Å². The van der Waals surface area contributed by atoms with Crippen LogP contribution < -0.4 is 0 Å². The highest BCUT2D eigenvalue weighted by molar-refractivity contribution is 5.80. The van der Waals surface area contributed by atoms with Crippen LogP contribution in [-0.4, -0.2) is 4.98 Å². The summed E-state index contributed by atoms with van der Waals surface area (Å²) in [6.45, 7) is 0. The number of benzene rings is 3. The number of rotatable bonds is 3. The van der Waals surface area contributed by atoms with Crippen LogP contribution in [0.4, 0.5) is 0 Å². The van der Waals surface area contributed by atoms with E-state index in [1.165, 1.54) is 0 Å². The Bertz CT molecular complexity index is 1060. The molecule has 0 aliphatic heterocycles. The first kappa shape index (κ1) is 14.9. The fourth-order valence-corrected chi connectivity index (χ4v) is 2.86. The third-order valence-corrected chi connectivity index (χ3v) is 4.06. The summed E-state index contributed by atoms with van der Waals surface area (Å²) < 4.78 is 6.00. The fourth-order valence-electron chi connectivity index (χ4n) is 2.86. The summed E-state index contributed by atoms with van der Waals surface area (Å²) in [6.07, 6.45) is 1.67. The summed E-state index contributed by atoms with van der Waals surface area (Å²) >= 11 is 0. The molecule has 3 heteroatoms. The van der Waals surface area contributed by atoms with Crippen LogP contribution in [-0.2, 0) is 0 Å². The highest BCUT2D eigenvalue weighted by Gasteiger charge is 2.14. The molecule has 0 saturated carbocycles. The average molecular weight is 322 g/mol. The minimum Gasteiger partial charge on any atom is -0.436 e. The van der Waals surface area contributed by atoms with Gasteiger partial charge in [-0.05, 0) is 29.3 Å². The molecule has 3 nitrogen and oxygen atoms in total. The maximum Gasteiger partial charge on any atom is 0.227 e. The van der Waals surface area contributed by atoms with Crippen LogP contribution in [0, 0.1) is 11.3 Å². The van der Waals surface area contributed by atoms with Crippen molar-refractivity contribution in [1.82, 2.24) is 4.98 Å². The first-order valence-corrected chi connectivity index (χ1v) is 7.97. The van der Waals surface area contributed by atoms with Crippen LogP contribution in [0.2, 0.25) is 0 Å². The van der Waals surface area contributed by atoms with Gasteiger partial charge in [0.05, 0.1) is 17.8 Å². The van der Waals surface area contributed by atoms with Crippen LogP contribution >= 0.6 is 0 Å². The number of oxazole rings is 1. The van der Waals surface area contributed by atoms with Gasteiger partial charge in [0, 0.05) is 11.1 Å². The Morgan fingerprint density at radius 3 is 2.12 bits per heavy atom. The van der Waals surface area contributed by atoms with E-state index in [1.54, 1.807) is 12.3 Å². The van der Waals surface area contributed by atoms with E-state index in [1.807, 2.05) is 54.6 Å². The normalized spacial score (nSPS) is 10.4. The fraction of sp³-hybridized carbons (Fsp3) is 0. The standard InChI is InChI=1S/C22H14N2O/c23-14-17-10-4-5-12-19(17)21-15-24-22(25-21)20-13-7-6-11-18(20)16-8-2-1-3-9-16/h1-13,15H. The largest absolute Gasteiger partial charge is 0.436 e. The van der Waals surface area contributed by atoms with Crippen molar-refractivity contribution < 1.29 is 4.42 Å². The molecule has 4 rings (SSSR count). The topological polar surface area (TPSA) is 49.8 Å². The molecule has 3 aromatic carbocycles. The molecule has 1 aromatic heterocycles. The lowest BCUT2D eigenvalue weighted by Crippen LogP contribution is -1.84. The quantitative estimate of drug-likeness (QED) is 0.497. The average Bonchev–Trinajstić information content (AvgIpc) is 3.18. The van der Waals surface area contributed by atoms with Gasteiger partial charge in [0.1, 0.15) is 0 Å². The second-order valence-electron chi connectivity index (χ2n) is 5.60. The summed E-state index contributed by atoms with van der Waals surface area (Å²) in [5, 5.41) is 9.28. The van der Waals surface area contributed by atoms with Gasteiger partial charge in [-0.2, -0.15) is 5.26 Å². The smallest absolute Gasteiger partial charge is 0.227 e. The van der Waals surface area contributed by atoms with Crippen molar-refractivity contribution in [3.05, 3.63) is 90.6 Å². The van der Waals surface area contributed by atoms with Gasteiger partial charge in [0.25, 0.3) is 0 Å². The molecule has 0 saturated heterocycles. The van der Waals surface area contributed by atoms with Gasteiger partial charge in [0.2, 0.25) is 5.89 Å². The maximum atomic E-state index is 9.28. The van der Waals surface area contributed by atoms with Gasteiger partial charge < -0.3 is 4.42 Å². The Kier molecular flexibility index (Phi) is 3.86. The summed E-state index contributed by atoms with van der Waals surface area (Å²) in [5.74, 6) is 1.14. The van der Waals surface area contributed by atoms with Crippen molar-refractivity contribution in [1.29, 1.82) is 5.26 Å². The molecule has 0 fully saturated rings. The van der Waals surface area contributed by atoms with E-state index in [-0.39, 0.29) is 0 Å². The molecule has 118 valence electrons. The van der Waals surface area contributed by atoms with Crippen LogP contribution in [0.25, 0.3) is 33.9 Å². The number of nitrogens with zero attached hydrogens (tertiary/aromatic N) is 2. The molecular weight excluding hydrogens is 308 g/mol. The van der Waals surface area contributed by atoms with Crippen molar-refractivity contribution in [3.63, 3.8) is 0 Å². The Morgan fingerprint density at radius 2 is 1.36 bits per heavy atom. The minimum absolute atomic E-state index is 0.544. The monoisotopic (exact) mass is 322 g/mol. The third kappa shape index (κ3) is 2.82. The van der Waals surface area contributed by atoms with Gasteiger partial charge in [0.15, 0.2) is 5.76 Å². The first-order chi connectivity index (χ1) is 12.4. The first-order valence-electron chi connectivity index (χ1n) is 7.97.